The van der Waals surface area contributed by atoms with Crippen LogP contribution in [0.15, 0.2) is 28.8 Å². The first-order valence-corrected chi connectivity index (χ1v) is 5.86. The molecule has 1 aromatic heterocycles. The van der Waals surface area contributed by atoms with Crippen molar-refractivity contribution in [2.75, 3.05) is 13.7 Å². The summed E-state index contributed by atoms with van der Waals surface area (Å²) >= 11 is 0. The summed E-state index contributed by atoms with van der Waals surface area (Å²) < 4.78 is 10.0. The Balaban J connectivity index is 2.13. The van der Waals surface area contributed by atoms with Crippen molar-refractivity contribution in [3.8, 4) is 11.4 Å². The zero-order valence-electron chi connectivity index (χ0n) is 10.5. The molecule has 6 heteroatoms. The standard InChI is InChI=1S/C13H14N2O4/c1-18-7-3-6-11-14-12(15-19-11)9-4-2-5-10(8-9)13(16)17/h2,4-5,8H,3,6-7H2,1H3,(H,16,17). The van der Waals surface area contributed by atoms with Gasteiger partial charge in [-0.05, 0) is 18.6 Å². The fourth-order valence-electron chi connectivity index (χ4n) is 1.63. The van der Waals surface area contributed by atoms with Crippen LogP contribution in [-0.2, 0) is 11.2 Å². The maximum atomic E-state index is 10.9. The Kier molecular flexibility index (Phi) is 4.25. The van der Waals surface area contributed by atoms with Gasteiger partial charge in [-0.1, -0.05) is 17.3 Å². The van der Waals surface area contributed by atoms with Crippen LogP contribution in [0, 0.1) is 0 Å². The summed E-state index contributed by atoms with van der Waals surface area (Å²) in [6, 6.07) is 6.44. The highest BCUT2D eigenvalue weighted by Crippen LogP contribution is 2.17. The Hall–Kier alpha value is -2.21. The maximum Gasteiger partial charge on any atom is 0.335 e. The molecule has 0 aliphatic heterocycles. The van der Waals surface area contributed by atoms with Gasteiger partial charge in [0.05, 0.1) is 5.56 Å². The number of methoxy groups -OCH3 is 1. The number of aromatic carboxylic acids is 1. The number of carboxylic acid groups (broad SMARTS) is 1. The predicted molar refractivity (Wildman–Crippen MR) is 66.9 cm³/mol. The van der Waals surface area contributed by atoms with Crippen molar-refractivity contribution in [1.82, 2.24) is 10.1 Å². The van der Waals surface area contributed by atoms with Crippen LogP contribution in [0.4, 0.5) is 0 Å². The quantitative estimate of drug-likeness (QED) is 0.801. The van der Waals surface area contributed by atoms with Crippen molar-refractivity contribution >= 4 is 5.97 Å². The first-order chi connectivity index (χ1) is 9.20. The minimum atomic E-state index is -0.981. The monoisotopic (exact) mass is 262 g/mol. The molecule has 0 aliphatic carbocycles. The molecule has 1 aromatic carbocycles. The summed E-state index contributed by atoms with van der Waals surface area (Å²) in [7, 11) is 1.64. The van der Waals surface area contributed by atoms with Crippen molar-refractivity contribution in [3.05, 3.63) is 35.7 Å². The van der Waals surface area contributed by atoms with Crippen molar-refractivity contribution in [2.45, 2.75) is 12.8 Å². The second-order valence-corrected chi connectivity index (χ2v) is 3.99. The largest absolute Gasteiger partial charge is 0.478 e. The highest BCUT2D eigenvalue weighted by Gasteiger charge is 2.10. The molecule has 2 rings (SSSR count). The van der Waals surface area contributed by atoms with Crippen LogP contribution >= 0.6 is 0 Å². The molecule has 2 aromatic rings. The molecule has 1 heterocycles. The van der Waals surface area contributed by atoms with Crippen LogP contribution in [0.25, 0.3) is 11.4 Å². The number of hydrogen-bond acceptors (Lipinski definition) is 5. The molecule has 0 saturated carbocycles. The third-order valence-electron chi connectivity index (χ3n) is 2.57. The Bertz CT molecular complexity index is 565. The van der Waals surface area contributed by atoms with Gasteiger partial charge in [-0.25, -0.2) is 4.79 Å². The third-order valence-corrected chi connectivity index (χ3v) is 2.57. The number of ether oxygens (including phenoxy) is 1. The molecule has 0 fully saturated rings. The zero-order chi connectivity index (χ0) is 13.7. The van der Waals surface area contributed by atoms with Crippen LogP contribution in [0.3, 0.4) is 0 Å². The minimum Gasteiger partial charge on any atom is -0.478 e. The molecular weight excluding hydrogens is 248 g/mol. The SMILES string of the molecule is COCCCc1nc(-c2cccc(C(=O)O)c2)no1. The molecule has 0 spiro atoms. The molecule has 1 N–H and O–H groups in total. The lowest BCUT2D eigenvalue weighted by atomic mass is 10.1. The molecule has 6 nitrogen and oxygen atoms in total. The molecule has 0 bridgehead atoms. The van der Waals surface area contributed by atoms with Crippen LogP contribution < -0.4 is 0 Å². The van der Waals surface area contributed by atoms with Crippen LogP contribution in [-0.4, -0.2) is 34.9 Å². The van der Waals surface area contributed by atoms with Crippen LogP contribution in [0.2, 0.25) is 0 Å². The van der Waals surface area contributed by atoms with Gasteiger partial charge in [0.15, 0.2) is 0 Å². The van der Waals surface area contributed by atoms with Crippen molar-refractivity contribution < 1.29 is 19.2 Å². The highest BCUT2D eigenvalue weighted by atomic mass is 16.5. The van der Waals surface area contributed by atoms with E-state index in [4.69, 9.17) is 14.4 Å². The lowest BCUT2D eigenvalue weighted by Crippen LogP contribution is -1.96. The molecule has 0 amide bonds. The number of carboxylic acids is 1. The zero-order valence-corrected chi connectivity index (χ0v) is 10.5. The van der Waals surface area contributed by atoms with E-state index in [0.717, 1.165) is 6.42 Å². The van der Waals surface area contributed by atoms with Gasteiger partial charge in [-0.2, -0.15) is 4.98 Å². The Labute approximate surface area is 110 Å². The number of aromatic nitrogens is 2. The summed E-state index contributed by atoms with van der Waals surface area (Å²) in [6.07, 6.45) is 1.44. The molecule has 0 atom stereocenters. The Morgan fingerprint density at radius 1 is 1.47 bits per heavy atom. The van der Waals surface area contributed by atoms with Gasteiger partial charge in [0, 0.05) is 25.7 Å². The second-order valence-electron chi connectivity index (χ2n) is 3.99. The smallest absolute Gasteiger partial charge is 0.335 e. The van der Waals surface area contributed by atoms with Gasteiger partial charge in [0.25, 0.3) is 0 Å². The van der Waals surface area contributed by atoms with Gasteiger partial charge in [-0.3, -0.25) is 0 Å². The van der Waals surface area contributed by atoms with E-state index in [2.05, 4.69) is 10.1 Å². The summed E-state index contributed by atoms with van der Waals surface area (Å²) in [6.45, 7) is 0.631. The van der Waals surface area contributed by atoms with Crippen LogP contribution in [0.1, 0.15) is 22.7 Å². The van der Waals surface area contributed by atoms with E-state index >= 15 is 0 Å². The number of nitrogens with zero attached hydrogens (tertiary/aromatic N) is 2. The van der Waals surface area contributed by atoms with E-state index in [0.29, 0.717) is 30.3 Å². The van der Waals surface area contributed by atoms with E-state index in [1.807, 2.05) is 0 Å². The number of aryl methyl sites for hydroxylation is 1. The number of rotatable bonds is 6. The molecule has 0 radical (unpaired) electrons. The van der Waals surface area contributed by atoms with Gasteiger partial charge in [0.2, 0.25) is 11.7 Å². The van der Waals surface area contributed by atoms with Crippen molar-refractivity contribution in [2.24, 2.45) is 0 Å². The molecule has 0 unspecified atom stereocenters. The predicted octanol–water partition coefficient (Wildman–Crippen LogP) is 2.01. The first-order valence-electron chi connectivity index (χ1n) is 5.86. The second kappa shape index (κ2) is 6.10. The van der Waals surface area contributed by atoms with Crippen molar-refractivity contribution in [1.29, 1.82) is 0 Å². The average molecular weight is 262 g/mol. The highest BCUT2D eigenvalue weighted by molar-refractivity contribution is 5.89. The van der Waals surface area contributed by atoms with E-state index < -0.39 is 5.97 Å². The topological polar surface area (TPSA) is 85.5 Å². The van der Waals surface area contributed by atoms with Gasteiger partial charge < -0.3 is 14.4 Å². The molecule has 19 heavy (non-hydrogen) atoms. The van der Waals surface area contributed by atoms with E-state index in [1.165, 1.54) is 12.1 Å². The van der Waals surface area contributed by atoms with E-state index in [1.54, 1.807) is 19.2 Å². The Morgan fingerprint density at radius 2 is 2.32 bits per heavy atom. The van der Waals surface area contributed by atoms with Gasteiger partial charge >= 0.3 is 5.97 Å². The lowest BCUT2D eigenvalue weighted by Gasteiger charge is -1.96. The summed E-state index contributed by atoms with van der Waals surface area (Å²) in [4.78, 5) is 15.1. The fraction of sp³-hybridized carbons (Fsp3) is 0.308. The van der Waals surface area contributed by atoms with Crippen molar-refractivity contribution in [3.63, 3.8) is 0 Å². The lowest BCUT2D eigenvalue weighted by molar-refractivity contribution is 0.0697. The van der Waals surface area contributed by atoms with Gasteiger partial charge in [0.1, 0.15) is 0 Å². The molecule has 100 valence electrons. The Morgan fingerprint density at radius 3 is 3.05 bits per heavy atom. The summed E-state index contributed by atoms with van der Waals surface area (Å²) in [5.41, 5.74) is 0.824. The summed E-state index contributed by atoms with van der Waals surface area (Å²) in [5.74, 6) is -0.0612. The van der Waals surface area contributed by atoms with E-state index in [-0.39, 0.29) is 5.56 Å². The van der Waals surface area contributed by atoms with E-state index in [9.17, 15) is 4.79 Å². The third kappa shape index (κ3) is 3.38. The fourth-order valence-corrected chi connectivity index (χ4v) is 1.63. The normalized spacial score (nSPS) is 10.6. The number of hydrogen-bond donors (Lipinski definition) is 1. The van der Waals surface area contributed by atoms with Crippen LogP contribution in [0.5, 0.6) is 0 Å². The minimum absolute atomic E-state index is 0.197. The molecular formula is C13H14N2O4. The molecule has 0 aliphatic rings. The average Bonchev–Trinajstić information content (AvgIpc) is 2.88. The molecule has 0 saturated heterocycles. The first kappa shape index (κ1) is 13.2. The van der Waals surface area contributed by atoms with Gasteiger partial charge in [-0.15, -0.1) is 0 Å². The number of benzene rings is 1. The maximum absolute atomic E-state index is 10.9. The number of carbonyl (C=O) groups is 1. The summed E-state index contributed by atoms with van der Waals surface area (Å²) in [5, 5.41) is 12.8.